The van der Waals surface area contributed by atoms with Crippen molar-refractivity contribution in [3.8, 4) is 5.75 Å². The van der Waals surface area contributed by atoms with Crippen LogP contribution in [0.15, 0.2) is 42.5 Å². The molecule has 1 aliphatic heterocycles. The molecule has 3 rings (SSSR count). The minimum Gasteiger partial charge on any atom is -0.491 e. The van der Waals surface area contributed by atoms with E-state index in [4.69, 9.17) is 26.2 Å². The first-order valence-electron chi connectivity index (χ1n) is 10.6. The number of nitrogens with one attached hydrogen (secondary N) is 2. The fraction of sp³-hybridized carbons (Fsp3) is 0.348. The molecule has 1 saturated heterocycles. The molecule has 0 aromatic heterocycles. The first-order valence-corrected chi connectivity index (χ1v) is 12.1. The van der Waals surface area contributed by atoms with E-state index in [0.29, 0.717) is 22.0 Å². The van der Waals surface area contributed by atoms with E-state index in [1.807, 2.05) is 0 Å². The van der Waals surface area contributed by atoms with E-state index in [1.165, 1.54) is 7.11 Å². The smallest absolute Gasteiger partial charge is 0.325 e. The second kappa shape index (κ2) is 12.0. The number of aliphatic hydroxyl groups excluding tert-OH is 2. The van der Waals surface area contributed by atoms with E-state index in [2.05, 4.69) is 33.2 Å². The number of aliphatic hydroxyl groups is 2. The molecule has 4 atom stereocenters. The topological polar surface area (TPSA) is 137 Å². The van der Waals surface area contributed by atoms with E-state index in [9.17, 15) is 19.5 Å². The van der Waals surface area contributed by atoms with Crippen molar-refractivity contribution in [3.05, 3.63) is 56.6 Å². The summed E-state index contributed by atoms with van der Waals surface area (Å²) in [4.78, 5) is 40.2. The number of anilines is 1. The van der Waals surface area contributed by atoms with Crippen LogP contribution in [0, 0.1) is 3.57 Å². The van der Waals surface area contributed by atoms with Crippen molar-refractivity contribution in [1.82, 2.24) is 10.2 Å². The zero-order valence-electron chi connectivity index (χ0n) is 18.9. The molecule has 1 heterocycles. The average molecular weight is 618 g/mol. The first kappa shape index (κ1) is 27.1. The normalized spacial score (nSPS) is 18.1. The first-order chi connectivity index (χ1) is 16.7. The molecule has 4 amide bonds. The Kier molecular flexibility index (Phi) is 9.30. The van der Waals surface area contributed by atoms with Crippen molar-refractivity contribution in [2.24, 2.45) is 0 Å². The van der Waals surface area contributed by atoms with Gasteiger partial charge >= 0.3 is 6.03 Å². The Bertz CT molecular complexity index is 1090. The molecule has 0 saturated carbocycles. The zero-order chi connectivity index (χ0) is 25.7. The average Bonchev–Trinajstić information content (AvgIpc) is 3.13. The van der Waals surface area contributed by atoms with Gasteiger partial charge in [-0.05, 0) is 65.4 Å². The Morgan fingerprint density at radius 2 is 1.94 bits per heavy atom. The van der Waals surface area contributed by atoms with Crippen LogP contribution in [-0.2, 0) is 14.3 Å². The number of rotatable bonds is 10. The zero-order valence-corrected chi connectivity index (χ0v) is 21.8. The van der Waals surface area contributed by atoms with Gasteiger partial charge in [-0.15, -0.1) is 0 Å². The summed E-state index contributed by atoms with van der Waals surface area (Å²) < 4.78 is 11.6. The molecule has 188 valence electrons. The van der Waals surface area contributed by atoms with Crippen LogP contribution in [0.5, 0.6) is 5.75 Å². The predicted molar refractivity (Wildman–Crippen MR) is 136 cm³/mol. The number of hydrogen-bond acceptors (Lipinski definition) is 7. The molecule has 0 radical (unpaired) electrons. The molecule has 4 N–H and O–H groups in total. The summed E-state index contributed by atoms with van der Waals surface area (Å²) in [7, 11) is 1.38. The molecule has 1 fully saturated rings. The minimum absolute atomic E-state index is 0.0982. The number of urea groups is 1. The lowest BCUT2D eigenvalue weighted by atomic mass is 10.0. The van der Waals surface area contributed by atoms with Gasteiger partial charge in [-0.1, -0.05) is 23.7 Å². The van der Waals surface area contributed by atoms with Crippen LogP contribution >= 0.6 is 34.2 Å². The van der Waals surface area contributed by atoms with Gasteiger partial charge in [-0.3, -0.25) is 9.59 Å². The Morgan fingerprint density at radius 1 is 1.26 bits per heavy atom. The number of halogens is 2. The largest absolute Gasteiger partial charge is 0.491 e. The maximum Gasteiger partial charge on any atom is 0.325 e. The van der Waals surface area contributed by atoms with E-state index >= 15 is 0 Å². The number of ether oxygens (including phenoxy) is 2. The molecule has 35 heavy (non-hydrogen) atoms. The molecule has 0 unspecified atom stereocenters. The van der Waals surface area contributed by atoms with Crippen molar-refractivity contribution >= 4 is 57.7 Å². The SMILES string of the molecule is CO[C@H](C)[C@@H](C(=O)Nc1ccc(I)cc1Cl)N1C(=O)N[C@H](c2ccc(OC[C@@H](O)CO)cc2)C1=O. The molecule has 0 spiro atoms. The highest BCUT2D eigenvalue weighted by atomic mass is 127. The summed E-state index contributed by atoms with van der Waals surface area (Å²) in [5, 5.41) is 23.9. The Balaban J connectivity index is 1.79. The number of methoxy groups -OCH3 is 1. The number of benzene rings is 2. The Morgan fingerprint density at radius 3 is 2.54 bits per heavy atom. The lowest BCUT2D eigenvalue weighted by molar-refractivity contribution is -0.137. The van der Waals surface area contributed by atoms with Gasteiger partial charge in [0.2, 0.25) is 5.91 Å². The summed E-state index contributed by atoms with van der Waals surface area (Å²) in [6.07, 6.45) is -1.82. The van der Waals surface area contributed by atoms with Gasteiger partial charge in [0, 0.05) is 10.7 Å². The van der Waals surface area contributed by atoms with Crippen molar-refractivity contribution in [2.45, 2.75) is 31.2 Å². The fourth-order valence-corrected chi connectivity index (χ4v) is 4.35. The van der Waals surface area contributed by atoms with E-state index in [0.717, 1.165) is 8.47 Å². The van der Waals surface area contributed by atoms with Crippen LogP contribution in [0.3, 0.4) is 0 Å². The molecule has 12 heteroatoms. The van der Waals surface area contributed by atoms with E-state index in [-0.39, 0.29) is 6.61 Å². The fourth-order valence-electron chi connectivity index (χ4n) is 3.45. The van der Waals surface area contributed by atoms with Gasteiger partial charge < -0.3 is 30.3 Å². The van der Waals surface area contributed by atoms with Crippen molar-refractivity contribution < 1.29 is 34.1 Å². The lowest BCUT2D eigenvalue weighted by Gasteiger charge is -2.28. The maximum atomic E-state index is 13.3. The van der Waals surface area contributed by atoms with Crippen LogP contribution in [-0.4, -0.2) is 71.5 Å². The second-order valence-corrected chi connectivity index (χ2v) is 9.46. The third-order valence-electron chi connectivity index (χ3n) is 5.39. The van der Waals surface area contributed by atoms with Gasteiger partial charge in [0.15, 0.2) is 0 Å². The van der Waals surface area contributed by atoms with E-state index in [1.54, 1.807) is 49.4 Å². The summed E-state index contributed by atoms with van der Waals surface area (Å²) in [6, 6.07) is 8.40. The van der Waals surface area contributed by atoms with Gasteiger partial charge in [0.25, 0.3) is 5.91 Å². The number of imide groups is 1. The summed E-state index contributed by atoms with van der Waals surface area (Å²) in [5.41, 5.74) is 0.821. The molecule has 2 aromatic carbocycles. The highest BCUT2D eigenvalue weighted by Gasteiger charge is 2.47. The van der Waals surface area contributed by atoms with E-state index < -0.39 is 48.7 Å². The van der Waals surface area contributed by atoms with Crippen molar-refractivity contribution in [3.63, 3.8) is 0 Å². The standard InChI is InChI=1S/C23H25ClIN3O7/c1-12(34-2)20(21(31)26-18-8-5-14(25)9-17(18)24)28-22(32)19(27-23(28)33)13-3-6-16(7-4-13)35-11-15(30)10-29/h3-9,12,15,19-20,29-30H,10-11H2,1-2H3,(H,26,31)(H,27,33)/t12-,15+,19-,20+/m1/s1. The summed E-state index contributed by atoms with van der Waals surface area (Å²) >= 11 is 8.31. The highest BCUT2D eigenvalue weighted by Crippen LogP contribution is 2.29. The van der Waals surface area contributed by atoms with Gasteiger partial charge in [-0.25, -0.2) is 9.69 Å². The van der Waals surface area contributed by atoms with Crippen LogP contribution < -0.4 is 15.4 Å². The summed E-state index contributed by atoms with van der Waals surface area (Å²) in [5.74, 6) is -0.829. The number of hydrogen-bond donors (Lipinski definition) is 4. The van der Waals surface area contributed by atoms with Crippen molar-refractivity contribution in [1.29, 1.82) is 0 Å². The minimum atomic E-state index is -1.25. The molecule has 0 aliphatic carbocycles. The van der Waals surface area contributed by atoms with Crippen LogP contribution in [0.4, 0.5) is 10.5 Å². The molecule has 0 bridgehead atoms. The number of carbonyl (C=O) groups is 3. The van der Waals surface area contributed by atoms with Gasteiger partial charge in [-0.2, -0.15) is 0 Å². The maximum absolute atomic E-state index is 13.3. The van der Waals surface area contributed by atoms with Crippen molar-refractivity contribution in [2.75, 3.05) is 25.6 Å². The van der Waals surface area contributed by atoms with Crippen LogP contribution in [0.1, 0.15) is 18.5 Å². The number of nitrogens with zero attached hydrogens (tertiary/aromatic N) is 1. The van der Waals surface area contributed by atoms with Gasteiger partial charge in [0.1, 0.15) is 30.5 Å². The molecule has 2 aromatic rings. The third-order valence-corrected chi connectivity index (χ3v) is 6.37. The molecular weight excluding hydrogens is 593 g/mol. The van der Waals surface area contributed by atoms with Crippen LogP contribution in [0.25, 0.3) is 0 Å². The lowest BCUT2D eigenvalue weighted by Crippen LogP contribution is -2.53. The monoisotopic (exact) mass is 617 g/mol. The predicted octanol–water partition coefficient (Wildman–Crippen LogP) is 2.31. The Hall–Kier alpha value is -2.45. The molecule has 1 aliphatic rings. The van der Waals surface area contributed by atoms with Gasteiger partial charge in [0.05, 0.1) is 23.4 Å². The second-order valence-electron chi connectivity index (χ2n) is 7.81. The van der Waals surface area contributed by atoms with Crippen LogP contribution in [0.2, 0.25) is 5.02 Å². The molecule has 10 nitrogen and oxygen atoms in total. The highest BCUT2D eigenvalue weighted by molar-refractivity contribution is 14.1. The quantitative estimate of drug-likeness (QED) is 0.237. The number of carbonyl (C=O) groups excluding carboxylic acids is 3. The Labute approximate surface area is 220 Å². The molecular formula is C23H25ClIN3O7. The number of amides is 4. The third kappa shape index (κ3) is 6.41. The summed E-state index contributed by atoms with van der Waals surface area (Å²) in [6.45, 7) is 1.06.